The predicted molar refractivity (Wildman–Crippen MR) is 118 cm³/mol. The van der Waals surface area contributed by atoms with Crippen molar-refractivity contribution in [1.29, 1.82) is 0 Å². The highest BCUT2D eigenvalue weighted by Gasteiger charge is 2.32. The molecule has 11 heteroatoms. The van der Waals surface area contributed by atoms with Crippen molar-refractivity contribution < 1.29 is 33.7 Å². The minimum Gasteiger partial charge on any atom is -0.497 e. The van der Waals surface area contributed by atoms with Gasteiger partial charge in [0.2, 0.25) is 5.91 Å². The highest BCUT2D eigenvalue weighted by atomic mass is 32.2. The summed E-state index contributed by atoms with van der Waals surface area (Å²) in [6.07, 6.45) is 1.12. The van der Waals surface area contributed by atoms with Crippen molar-refractivity contribution in [2.45, 2.75) is 11.7 Å². The summed E-state index contributed by atoms with van der Waals surface area (Å²) in [5.74, 6) is -0.873. The van der Waals surface area contributed by atoms with Gasteiger partial charge in [0.15, 0.2) is 16.7 Å². The van der Waals surface area contributed by atoms with Crippen LogP contribution in [0.2, 0.25) is 0 Å². The monoisotopic (exact) mass is 457 g/mol. The number of esters is 1. The van der Waals surface area contributed by atoms with E-state index < -0.39 is 23.1 Å². The average molecular weight is 457 g/mol. The minimum absolute atomic E-state index is 0.217. The van der Waals surface area contributed by atoms with Crippen LogP contribution in [-0.4, -0.2) is 53.8 Å². The lowest BCUT2D eigenvalue weighted by Gasteiger charge is -2.10. The molecule has 0 radical (unpaired) electrons. The third-order valence-corrected chi connectivity index (χ3v) is 5.28. The van der Waals surface area contributed by atoms with Gasteiger partial charge in [-0.25, -0.2) is 4.79 Å². The first-order valence-corrected chi connectivity index (χ1v) is 10.1. The Kier molecular flexibility index (Phi) is 7.45. The lowest BCUT2D eigenvalue weighted by Crippen LogP contribution is -2.26. The van der Waals surface area contributed by atoms with Gasteiger partial charge in [0.25, 0.3) is 0 Å². The highest BCUT2D eigenvalue weighted by Crippen LogP contribution is 2.29. The number of thioether (sulfide) groups is 1. The molecule has 166 valence electrons. The van der Waals surface area contributed by atoms with Crippen LogP contribution in [0.4, 0.5) is 0 Å². The molecule has 3 rings (SSSR count). The normalized spacial score (nSPS) is 16.8. The van der Waals surface area contributed by atoms with Gasteiger partial charge in [0, 0.05) is 0 Å². The zero-order valence-corrected chi connectivity index (χ0v) is 17.9. The fourth-order valence-corrected chi connectivity index (χ4v) is 3.54. The lowest BCUT2D eigenvalue weighted by molar-refractivity contribution is -0.138. The van der Waals surface area contributed by atoms with Crippen molar-refractivity contribution in [3.05, 3.63) is 53.6 Å². The molecule has 1 heterocycles. The number of hydrogen-bond acceptors (Lipinski definition) is 9. The summed E-state index contributed by atoms with van der Waals surface area (Å²) in [5.41, 5.74) is 0.957. The van der Waals surface area contributed by atoms with Crippen LogP contribution in [0.3, 0.4) is 0 Å². The van der Waals surface area contributed by atoms with Crippen molar-refractivity contribution in [1.82, 2.24) is 5.32 Å². The van der Waals surface area contributed by atoms with Crippen LogP contribution in [0.15, 0.2) is 52.7 Å². The molecule has 1 amide bonds. The standard InChI is InChI=1S/C21H19N3O7S/c1-29-14-6-4-13(5-7-14)20(28)31-15-8-3-12(9-16(15)30-2)11-22-24-21-23-19(27)17(32-21)10-18(25)26/h3-9,11,17H,10H2,1-2H3,(H,25,26)(H,23,24,27). The molecule has 1 aliphatic heterocycles. The summed E-state index contributed by atoms with van der Waals surface area (Å²) >= 11 is 1.00. The van der Waals surface area contributed by atoms with Crippen LogP contribution in [0.1, 0.15) is 22.3 Å². The Hall–Kier alpha value is -3.86. The van der Waals surface area contributed by atoms with Gasteiger partial charge in [0.05, 0.1) is 32.4 Å². The molecule has 1 saturated heterocycles. The van der Waals surface area contributed by atoms with Crippen LogP contribution in [0.25, 0.3) is 0 Å². The Morgan fingerprint density at radius 1 is 1.12 bits per heavy atom. The average Bonchev–Trinajstić information content (AvgIpc) is 3.12. The molecule has 1 fully saturated rings. The summed E-state index contributed by atoms with van der Waals surface area (Å²) in [4.78, 5) is 34.8. The number of methoxy groups -OCH3 is 2. The Labute approximate surface area is 187 Å². The number of nitrogens with one attached hydrogen (secondary N) is 1. The van der Waals surface area contributed by atoms with E-state index >= 15 is 0 Å². The molecular formula is C21H19N3O7S. The molecule has 32 heavy (non-hydrogen) atoms. The van der Waals surface area contributed by atoms with Crippen molar-refractivity contribution >= 4 is 41.0 Å². The van der Waals surface area contributed by atoms with Gasteiger partial charge in [-0.15, -0.1) is 5.10 Å². The maximum Gasteiger partial charge on any atom is 0.343 e. The fourth-order valence-electron chi connectivity index (χ4n) is 2.63. The summed E-state index contributed by atoms with van der Waals surface area (Å²) in [5, 5.41) is 18.6. The molecule has 1 atom stereocenters. The van der Waals surface area contributed by atoms with Crippen molar-refractivity contribution in [2.75, 3.05) is 14.2 Å². The Balaban J connectivity index is 1.66. The first kappa shape index (κ1) is 22.8. The molecule has 1 unspecified atom stereocenters. The number of nitrogens with zero attached hydrogens (tertiary/aromatic N) is 2. The number of benzene rings is 2. The zero-order chi connectivity index (χ0) is 23.1. The second-order valence-corrected chi connectivity index (χ2v) is 7.56. The van der Waals surface area contributed by atoms with Gasteiger partial charge in [-0.2, -0.15) is 5.10 Å². The number of carbonyl (C=O) groups is 3. The van der Waals surface area contributed by atoms with Crippen LogP contribution in [0, 0.1) is 0 Å². The number of carboxylic acids is 1. The van der Waals surface area contributed by atoms with Crippen LogP contribution >= 0.6 is 11.8 Å². The smallest absolute Gasteiger partial charge is 0.343 e. The molecule has 10 nitrogen and oxygen atoms in total. The van der Waals surface area contributed by atoms with E-state index in [4.69, 9.17) is 19.3 Å². The maximum absolute atomic E-state index is 12.4. The Morgan fingerprint density at radius 2 is 1.88 bits per heavy atom. The van der Waals surface area contributed by atoms with Crippen LogP contribution in [0.5, 0.6) is 17.2 Å². The first-order valence-electron chi connectivity index (χ1n) is 9.24. The van der Waals surface area contributed by atoms with Crippen LogP contribution < -0.4 is 19.5 Å². The van der Waals surface area contributed by atoms with E-state index in [1.54, 1.807) is 42.5 Å². The first-order chi connectivity index (χ1) is 15.4. The van der Waals surface area contributed by atoms with E-state index in [-0.39, 0.29) is 17.3 Å². The Bertz CT molecular complexity index is 1080. The minimum atomic E-state index is -1.07. The number of rotatable bonds is 8. The third kappa shape index (κ3) is 5.85. The van der Waals surface area contributed by atoms with Crippen molar-refractivity contribution in [2.24, 2.45) is 10.2 Å². The SMILES string of the molecule is COc1ccc(C(=O)Oc2ccc(C=NN=C3NC(=O)C(CC(=O)O)S3)cc2OC)cc1. The van der Waals surface area contributed by atoms with E-state index in [2.05, 4.69) is 15.5 Å². The van der Waals surface area contributed by atoms with Crippen LogP contribution in [-0.2, 0) is 9.59 Å². The second kappa shape index (κ2) is 10.4. The van der Waals surface area contributed by atoms with E-state index in [9.17, 15) is 14.4 Å². The molecule has 0 aromatic heterocycles. The molecule has 0 spiro atoms. The van der Waals surface area contributed by atoms with Gasteiger partial charge in [0.1, 0.15) is 11.0 Å². The summed E-state index contributed by atoms with van der Waals surface area (Å²) < 4.78 is 15.8. The summed E-state index contributed by atoms with van der Waals surface area (Å²) in [6, 6.07) is 11.3. The Morgan fingerprint density at radius 3 is 2.53 bits per heavy atom. The molecule has 2 aromatic carbocycles. The lowest BCUT2D eigenvalue weighted by atomic mass is 10.2. The predicted octanol–water partition coefficient (Wildman–Crippen LogP) is 2.32. The maximum atomic E-state index is 12.4. The number of amides is 1. The quantitative estimate of drug-likeness (QED) is 0.267. The number of carboxylic acid groups (broad SMARTS) is 1. The zero-order valence-electron chi connectivity index (χ0n) is 17.1. The summed E-state index contributed by atoms with van der Waals surface area (Å²) in [6.45, 7) is 0. The topological polar surface area (TPSA) is 136 Å². The summed E-state index contributed by atoms with van der Waals surface area (Å²) in [7, 11) is 2.97. The number of hydrogen-bond donors (Lipinski definition) is 2. The second-order valence-electron chi connectivity index (χ2n) is 6.37. The van der Waals surface area contributed by atoms with Gasteiger partial charge < -0.3 is 24.6 Å². The molecule has 0 aliphatic carbocycles. The molecule has 0 bridgehead atoms. The van der Waals surface area contributed by atoms with E-state index in [0.29, 0.717) is 22.6 Å². The van der Waals surface area contributed by atoms with E-state index in [0.717, 1.165) is 11.8 Å². The third-order valence-electron chi connectivity index (χ3n) is 4.21. The van der Waals surface area contributed by atoms with Crippen molar-refractivity contribution in [3.8, 4) is 17.2 Å². The fraction of sp³-hybridized carbons (Fsp3) is 0.190. The number of aliphatic carboxylic acids is 1. The van der Waals surface area contributed by atoms with Gasteiger partial charge in [-0.1, -0.05) is 11.8 Å². The van der Waals surface area contributed by atoms with Gasteiger partial charge in [-0.3, -0.25) is 9.59 Å². The molecule has 2 aromatic rings. The number of carbonyl (C=O) groups excluding carboxylic acids is 2. The van der Waals surface area contributed by atoms with E-state index in [1.165, 1.54) is 20.4 Å². The molecular weight excluding hydrogens is 438 g/mol. The van der Waals surface area contributed by atoms with Gasteiger partial charge >= 0.3 is 11.9 Å². The van der Waals surface area contributed by atoms with Gasteiger partial charge in [-0.05, 0) is 48.0 Å². The van der Waals surface area contributed by atoms with E-state index in [1.807, 2.05) is 0 Å². The molecule has 2 N–H and O–H groups in total. The molecule has 1 aliphatic rings. The largest absolute Gasteiger partial charge is 0.497 e. The highest BCUT2D eigenvalue weighted by molar-refractivity contribution is 8.15. The van der Waals surface area contributed by atoms with Crippen molar-refractivity contribution in [3.63, 3.8) is 0 Å². The number of ether oxygens (including phenoxy) is 3. The molecule has 0 saturated carbocycles. The number of amidine groups is 1.